The Balaban J connectivity index is 1.95. The summed E-state index contributed by atoms with van der Waals surface area (Å²) in [4.78, 5) is 2.43. The van der Waals surface area contributed by atoms with Crippen molar-refractivity contribution in [3.8, 4) is 0 Å². The fraction of sp³-hybridized carbons (Fsp3) is 1.00. The van der Waals surface area contributed by atoms with E-state index in [0.717, 1.165) is 25.7 Å². The van der Waals surface area contributed by atoms with E-state index in [2.05, 4.69) is 31.1 Å². The third-order valence-electron chi connectivity index (χ3n) is 3.47. The summed E-state index contributed by atoms with van der Waals surface area (Å²) in [6.45, 7) is 9.74. The van der Waals surface area contributed by atoms with Crippen LogP contribution in [-0.2, 0) is 4.74 Å². The zero-order valence-electron chi connectivity index (χ0n) is 11.9. The molecule has 1 heterocycles. The summed E-state index contributed by atoms with van der Waals surface area (Å²) in [5.41, 5.74) is 0. The van der Waals surface area contributed by atoms with Gasteiger partial charge in [0.2, 0.25) is 0 Å². The van der Waals surface area contributed by atoms with Gasteiger partial charge >= 0.3 is 0 Å². The topological polar surface area (TPSA) is 24.5 Å². The zero-order valence-corrected chi connectivity index (χ0v) is 11.9. The highest BCUT2D eigenvalue weighted by Gasteiger charge is 2.13. The predicted molar refractivity (Wildman–Crippen MR) is 73.4 cm³/mol. The molecular weight excluding hydrogens is 212 g/mol. The summed E-state index contributed by atoms with van der Waals surface area (Å²) in [5.74, 6) is 0.750. The molecule has 0 aromatic carbocycles. The molecule has 1 rings (SSSR count). The first-order valence-corrected chi connectivity index (χ1v) is 7.18. The van der Waals surface area contributed by atoms with Gasteiger partial charge in [-0.2, -0.15) is 0 Å². The van der Waals surface area contributed by atoms with Crippen LogP contribution in [0.25, 0.3) is 0 Å². The Hall–Kier alpha value is -0.120. The lowest BCUT2D eigenvalue weighted by atomic mass is 10.1. The molecule has 1 atom stereocenters. The van der Waals surface area contributed by atoms with Gasteiger partial charge in [-0.05, 0) is 51.7 Å². The molecule has 102 valence electrons. The van der Waals surface area contributed by atoms with E-state index < -0.39 is 0 Å². The standard InChI is InChI=1S/C14H30N2O/c1-13(2)7-11-17-12-8-15-14-5-4-9-16(3)10-6-14/h13-15H,4-12H2,1-3H3. The van der Waals surface area contributed by atoms with Crippen molar-refractivity contribution in [2.75, 3.05) is 39.9 Å². The molecule has 0 amide bonds. The molecule has 0 aromatic heterocycles. The molecule has 17 heavy (non-hydrogen) atoms. The van der Waals surface area contributed by atoms with Gasteiger partial charge in [0.25, 0.3) is 0 Å². The van der Waals surface area contributed by atoms with Crippen molar-refractivity contribution in [2.45, 2.75) is 45.6 Å². The van der Waals surface area contributed by atoms with Crippen molar-refractivity contribution in [1.82, 2.24) is 10.2 Å². The maximum Gasteiger partial charge on any atom is 0.0591 e. The predicted octanol–water partition coefficient (Wildman–Crippen LogP) is 2.12. The molecular formula is C14H30N2O. The van der Waals surface area contributed by atoms with E-state index in [-0.39, 0.29) is 0 Å². The maximum absolute atomic E-state index is 5.61. The smallest absolute Gasteiger partial charge is 0.0591 e. The van der Waals surface area contributed by atoms with E-state index in [4.69, 9.17) is 4.74 Å². The first kappa shape index (κ1) is 14.9. The van der Waals surface area contributed by atoms with Gasteiger partial charge in [0.1, 0.15) is 0 Å². The van der Waals surface area contributed by atoms with E-state index in [1.807, 2.05) is 0 Å². The summed E-state index contributed by atoms with van der Waals surface area (Å²) in [5, 5.41) is 3.62. The summed E-state index contributed by atoms with van der Waals surface area (Å²) in [7, 11) is 2.22. The highest BCUT2D eigenvalue weighted by atomic mass is 16.5. The van der Waals surface area contributed by atoms with Crippen LogP contribution in [0.5, 0.6) is 0 Å². The highest BCUT2D eigenvalue weighted by Crippen LogP contribution is 2.09. The van der Waals surface area contributed by atoms with Crippen LogP contribution < -0.4 is 5.32 Å². The van der Waals surface area contributed by atoms with Crippen LogP contribution >= 0.6 is 0 Å². The Morgan fingerprint density at radius 2 is 2.06 bits per heavy atom. The van der Waals surface area contributed by atoms with Crippen molar-refractivity contribution in [1.29, 1.82) is 0 Å². The Kier molecular flexibility index (Phi) is 7.82. The lowest BCUT2D eigenvalue weighted by molar-refractivity contribution is 0.123. The molecule has 1 unspecified atom stereocenters. The van der Waals surface area contributed by atoms with E-state index >= 15 is 0 Å². The van der Waals surface area contributed by atoms with Crippen LogP contribution in [0.2, 0.25) is 0 Å². The van der Waals surface area contributed by atoms with Gasteiger partial charge in [0.15, 0.2) is 0 Å². The second-order valence-corrected chi connectivity index (χ2v) is 5.68. The molecule has 1 N–H and O–H groups in total. The fourth-order valence-corrected chi connectivity index (χ4v) is 2.20. The number of likely N-dealkylation sites (tertiary alicyclic amines) is 1. The maximum atomic E-state index is 5.61. The van der Waals surface area contributed by atoms with Crippen molar-refractivity contribution >= 4 is 0 Å². The van der Waals surface area contributed by atoms with E-state index in [1.165, 1.54) is 38.8 Å². The lowest BCUT2D eigenvalue weighted by Crippen LogP contribution is -2.33. The summed E-state index contributed by atoms with van der Waals surface area (Å²) in [6, 6.07) is 0.702. The fourth-order valence-electron chi connectivity index (χ4n) is 2.20. The molecule has 1 aliphatic heterocycles. The van der Waals surface area contributed by atoms with Crippen molar-refractivity contribution in [3.05, 3.63) is 0 Å². The molecule has 1 aliphatic rings. The van der Waals surface area contributed by atoms with Gasteiger partial charge in [0.05, 0.1) is 6.61 Å². The van der Waals surface area contributed by atoms with Crippen LogP contribution in [0.4, 0.5) is 0 Å². The number of nitrogens with zero attached hydrogens (tertiary/aromatic N) is 1. The summed E-state index contributed by atoms with van der Waals surface area (Å²) < 4.78 is 5.61. The van der Waals surface area contributed by atoms with E-state index in [1.54, 1.807) is 0 Å². The number of hydrogen-bond donors (Lipinski definition) is 1. The minimum Gasteiger partial charge on any atom is -0.380 e. The minimum absolute atomic E-state index is 0.702. The van der Waals surface area contributed by atoms with E-state index in [9.17, 15) is 0 Å². The van der Waals surface area contributed by atoms with Gasteiger partial charge < -0.3 is 15.0 Å². The van der Waals surface area contributed by atoms with Crippen LogP contribution in [0.1, 0.15) is 39.5 Å². The first-order valence-electron chi connectivity index (χ1n) is 7.18. The number of ether oxygens (including phenoxy) is 1. The van der Waals surface area contributed by atoms with Crippen molar-refractivity contribution < 1.29 is 4.74 Å². The first-order chi connectivity index (χ1) is 8.18. The molecule has 0 saturated carbocycles. The van der Waals surface area contributed by atoms with Gasteiger partial charge in [-0.15, -0.1) is 0 Å². The Labute approximate surface area is 107 Å². The SMILES string of the molecule is CC(C)CCOCCNC1CCCN(C)CC1. The molecule has 3 heteroatoms. The molecule has 0 radical (unpaired) electrons. The zero-order chi connectivity index (χ0) is 12.5. The van der Waals surface area contributed by atoms with Crippen LogP contribution in [0, 0.1) is 5.92 Å². The van der Waals surface area contributed by atoms with Gasteiger partial charge in [0, 0.05) is 19.2 Å². The highest BCUT2D eigenvalue weighted by molar-refractivity contribution is 4.73. The molecule has 1 fully saturated rings. The minimum atomic E-state index is 0.702. The van der Waals surface area contributed by atoms with Gasteiger partial charge in [-0.25, -0.2) is 0 Å². The lowest BCUT2D eigenvalue weighted by Gasteiger charge is -2.16. The van der Waals surface area contributed by atoms with Crippen molar-refractivity contribution in [3.63, 3.8) is 0 Å². The molecule has 1 saturated heterocycles. The second-order valence-electron chi connectivity index (χ2n) is 5.68. The van der Waals surface area contributed by atoms with Gasteiger partial charge in [-0.1, -0.05) is 13.8 Å². The molecule has 0 bridgehead atoms. The Morgan fingerprint density at radius 1 is 1.24 bits per heavy atom. The third kappa shape index (κ3) is 7.74. The summed E-state index contributed by atoms with van der Waals surface area (Å²) >= 11 is 0. The molecule has 0 spiro atoms. The van der Waals surface area contributed by atoms with E-state index in [0.29, 0.717) is 6.04 Å². The number of nitrogens with one attached hydrogen (secondary N) is 1. The monoisotopic (exact) mass is 242 g/mol. The van der Waals surface area contributed by atoms with Crippen molar-refractivity contribution in [2.24, 2.45) is 5.92 Å². The average Bonchev–Trinajstić information content (AvgIpc) is 2.48. The molecule has 0 aromatic rings. The summed E-state index contributed by atoms with van der Waals surface area (Å²) in [6.07, 6.45) is 5.09. The molecule has 0 aliphatic carbocycles. The Morgan fingerprint density at radius 3 is 2.82 bits per heavy atom. The quantitative estimate of drug-likeness (QED) is 0.692. The number of rotatable bonds is 7. The van der Waals surface area contributed by atoms with Gasteiger partial charge in [-0.3, -0.25) is 0 Å². The van der Waals surface area contributed by atoms with Crippen LogP contribution in [0.3, 0.4) is 0 Å². The average molecular weight is 242 g/mol. The third-order valence-corrected chi connectivity index (χ3v) is 3.47. The largest absolute Gasteiger partial charge is 0.380 e. The normalized spacial score (nSPS) is 22.9. The van der Waals surface area contributed by atoms with Crippen LogP contribution in [0.15, 0.2) is 0 Å². The van der Waals surface area contributed by atoms with Crippen LogP contribution in [-0.4, -0.2) is 50.8 Å². The second kappa shape index (κ2) is 8.90. The Bertz CT molecular complexity index is 185. The molecule has 3 nitrogen and oxygen atoms in total. The number of hydrogen-bond acceptors (Lipinski definition) is 3.